The van der Waals surface area contributed by atoms with Gasteiger partial charge in [0, 0.05) is 17.7 Å². The summed E-state index contributed by atoms with van der Waals surface area (Å²) < 4.78 is 5.15. The smallest absolute Gasteiger partial charge is 0.271 e. The predicted octanol–water partition coefficient (Wildman–Crippen LogP) is 4.01. The topological polar surface area (TPSA) is 81.5 Å². The van der Waals surface area contributed by atoms with Crippen molar-refractivity contribution in [2.75, 3.05) is 12.4 Å². The summed E-state index contributed by atoms with van der Waals surface area (Å²) in [5.74, 6) is -0.00529. The molecule has 6 heteroatoms. The van der Waals surface area contributed by atoms with Crippen LogP contribution < -0.4 is 10.1 Å². The normalized spacial score (nSPS) is 10.4. The van der Waals surface area contributed by atoms with E-state index in [0.717, 1.165) is 10.8 Å². The average Bonchev–Trinajstić information content (AvgIpc) is 2.61. The van der Waals surface area contributed by atoms with Crippen LogP contribution in [0.2, 0.25) is 0 Å². The molecular weight excluding hydrogens is 308 g/mol. The fraction of sp³-hybridized carbons (Fsp3) is 0.0556. The van der Waals surface area contributed by atoms with Crippen LogP contribution in [0.15, 0.2) is 60.7 Å². The Labute approximate surface area is 137 Å². The van der Waals surface area contributed by atoms with E-state index in [4.69, 9.17) is 4.74 Å². The number of hydrogen-bond donors (Lipinski definition) is 1. The van der Waals surface area contributed by atoms with E-state index in [1.165, 1.54) is 25.3 Å². The molecule has 0 bridgehead atoms. The number of rotatable bonds is 4. The van der Waals surface area contributed by atoms with Gasteiger partial charge in [-0.05, 0) is 29.0 Å². The van der Waals surface area contributed by atoms with Gasteiger partial charge in [-0.3, -0.25) is 14.9 Å². The standard InChI is InChI=1S/C18H14N2O4/c1-24-17-9-8-15(20(22)23)11-16(17)19-18(21)14-7-6-12-4-2-3-5-13(12)10-14/h2-11H,1H3,(H,19,21). The van der Waals surface area contributed by atoms with E-state index in [-0.39, 0.29) is 17.3 Å². The van der Waals surface area contributed by atoms with Gasteiger partial charge in [-0.25, -0.2) is 0 Å². The molecule has 0 spiro atoms. The highest BCUT2D eigenvalue weighted by atomic mass is 16.6. The number of carbonyl (C=O) groups is 1. The number of non-ortho nitro benzene ring substituents is 1. The highest BCUT2D eigenvalue weighted by Gasteiger charge is 2.15. The number of carbonyl (C=O) groups excluding carboxylic acids is 1. The first-order valence-corrected chi connectivity index (χ1v) is 7.21. The minimum atomic E-state index is -0.523. The Bertz CT molecular complexity index is 937. The number of nitro benzene ring substituents is 1. The second-order valence-electron chi connectivity index (χ2n) is 5.16. The van der Waals surface area contributed by atoms with E-state index < -0.39 is 4.92 Å². The summed E-state index contributed by atoms with van der Waals surface area (Å²) in [6.45, 7) is 0. The molecule has 0 unspecified atom stereocenters. The maximum absolute atomic E-state index is 12.5. The molecule has 0 saturated carbocycles. The lowest BCUT2D eigenvalue weighted by Crippen LogP contribution is -2.12. The van der Waals surface area contributed by atoms with Gasteiger partial charge < -0.3 is 10.1 Å². The molecule has 1 amide bonds. The number of nitrogens with one attached hydrogen (secondary N) is 1. The minimum Gasteiger partial charge on any atom is -0.495 e. The Hall–Kier alpha value is -3.41. The van der Waals surface area contributed by atoms with Gasteiger partial charge in [0.05, 0.1) is 17.7 Å². The highest BCUT2D eigenvalue weighted by Crippen LogP contribution is 2.29. The average molecular weight is 322 g/mol. The summed E-state index contributed by atoms with van der Waals surface area (Å²) in [5.41, 5.74) is 0.594. The quantitative estimate of drug-likeness (QED) is 0.581. The first-order chi connectivity index (χ1) is 11.6. The maximum atomic E-state index is 12.5. The molecular formula is C18H14N2O4. The Kier molecular flexibility index (Phi) is 4.11. The van der Waals surface area contributed by atoms with Crippen LogP contribution in [-0.4, -0.2) is 17.9 Å². The molecule has 0 aromatic heterocycles. The van der Waals surface area contributed by atoms with E-state index in [1.807, 2.05) is 30.3 Å². The molecule has 24 heavy (non-hydrogen) atoms. The van der Waals surface area contributed by atoms with Crippen molar-refractivity contribution in [3.63, 3.8) is 0 Å². The molecule has 6 nitrogen and oxygen atoms in total. The van der Waals surface area contributed by atoms with Crippen LogP contribution in [0.1, 0.15) is 10.4 Å². The fourth-order valence-corrected chi connectivity index (χ4v) is 2.43. The summed E-state index contributed by atoms with van der Waals surface area (Å²) in [7, 11) is 1.44. The van der Waals surface area contributed by atoms with Crippen LogP contribution in [0.4, 0.5) is 11.4 Å². The van der Waals surface area contributed by atoms with Crippen molar-refractivity contribution in [1.29, 1.82) is 0 Å². The molecule has 0 aliphatic heterocycles. The van der Waals surface area contributed by atoms with E-state index >= 15 is 0 Å². The van der Waals surface area contributed by atoms with Gasteiger partial charge in [0.2, 0.25) is 0 Å². The summed E-state index contributed by atoms with van der Waals surface area (Å²) in [5, 5.41) is 15.5. The van der Waals surface area contributed by atoms with Crippen molar-refractivity contribution in [2.24, 2.45) is 0 Å². The van der Waals surface area contributed by atoms with Gasteiger partial charge in [-0.2, -0.15) is 0 Å². The Morgan fingerprint density at radius 1 is 1.04 bits per heavy atom. The largest absolute Gasteiger partial charge is 0.495 e. The molecule has 0 aliphatic rings. The third kappa shape index (κ3) is 3.03. The summed E-state index contributed by atoms with van der Waals surface area (Å²) in [6.07, 6.45) is 0. The summed E-state index contributed by atoms with van der Waals surface area (Å²) in [4.78, 5) is 22.9. The summed E-state index contributed by atoms with van der Waals surface area (Å²) >= 11 is 0. The van der Waals surface area contributed by atoms with Crippen molar-refractivity contribution in [3.05, 3.63) is 76.3 Å². The van der Waals surface area contributed by atoms with Gasteiger partial charge in [0.1, 0.15) is 5.75 Å². The monoisotopic (exact) mass is 322 g/mol. The van der Waals surface area contributed by atoms with E-state index in [1.54, 1.807) is 12.1 Å². The third-order valence-corrected chi connectivity index (χ3v) is 3.65. The van der Waals surface area contributed by atoms with Crippen molar-refractivity contribution in [1.82, 2.24) is 0 Å². The fourth-order valence-electron chi connectivity index (χ4n) is 2.43. The van der Waals surface area contributed by atoms with Gasteiger partial charge in [0.25, 0.3) is 11.6 Å². The molecule has 0 heterocycles. The number of amides is 1. The molecule has 3 aromatic rings. The number of nitrogens with zero attached hydrogens (tertiary/aromatic N) is 1. The molecule has 0 fully saturated rings. The number of benzene rings is 3. The third-order valence-electron chi connectivity index (χ3n) is 3.65. The van der Waals surface area contributed by atoms with E-state index in [9.17, 15) is 14.9 Å². The number of fused-ring (bicyclic) bond motifs is 1. The minimum absolute atomic E-state index is 0.121. The van der Waals surface area contributed by atoms with Gasteiger partial charge >= 0.3 is 0 Å². The number of methoxy groups -OCH3 is 1. The molecule has 0 atom stereocenters. The zero-order valence-electron chi connectivity index (χ0n) is 12.9. The first-order valence-electron chi connectivity index (χ1n) is 7.21. The molecule has 1 N–H and O–H groups in total. The lowest BCUT2D eigenvalue weighted by atomic mass is 10.1. The number of anilines is 1. The van der Waals surface area contributed by atoms with Crippen LogP contribution in [0.25, 0.3) is 10.8 Å². The van der Waals surface area contributed by atoms with Crippen LogP contribution in [0.3, 0.4) is 0 Å². The van der Waals surface area contributed by atoms with E-state index in [0.29, 0.717) is 11.3 Å². The van der Waals surface area contributed by atoms with Crippen molar-refractivity contribution >= 4 is 28.1 Å². The number of nitro groups is 1. The lowest BCUT2D eigenvalue weighted by Gasteiger charge is -2.10. The van der Waals surface area contributed by atoms with Gasteiger partial charge in [-0.1, -0.05) is 30.3 Å². The first kappa shape index (κ1) is 15.5. The molecule has 3 rings (SSSR count). The van der Waals surface area contributed by atoms with Crippen LogP contribution >= 0.6 is 0 Å². The molecule has 0 radical (unpaired) electrons. The van der Waals surface area contributed by atoms with E-state index in [2.05, 4.69) is 5.32 Å². The number of hydrogen-bond acceptors (Lipinski definition) is 4. The zero-order chi connectivity index (χ0) is 17.1. The molecule has 3 aromatic carbocycles. The molecule has 0 aliphatic carbocycles. The second-order valence-corrected chi connectivity index (χ2v) is 5.16. The Morgan fingerprint density at radius 2 is 1.79 bits per heavy atom. The zero-order valence-corrected chi connectivity index (χ0v) is 12.9. The van der Waals surface area contributed by atoms with Crippen molar-refractivity contribution in [2.45, 2.75) is 0 Å². The second kappa shape index (κ2) is 6.37. The number of ether oxygens (including phenoxy) is 1. The SMILES string of the molecule is COc1ccc([N+](=O)[O-])cc1NC(=O)c1ccc2ccccc2c1. The Balaban J connectivity index is 1.93. The van der Waals surface area contributed by atoms with Crippen LogP contribution in [0.5, 0.6) is 5.75 Å². The van der Waals surface area contributed by atoms with Gasteiger partial charge in [-0.15, -0.1) is 0 Å². The van der Waals surface area contributed by atoms with Crippen LogP contribution in [-0.2, 0) is 0 Å². The molecule has 0 saturated heterocycles. The lowest BCUT2D eigenvalue weighted by molar-refractivity contribution is -0.384. The van der Waals surface area contributed by atoms with Crippen molar-refractivity contribution in [3.8, 4) is 5.75 Å². The van der Waals surface area contributed by atoms with Crippen LogP contribution in [0, 0.1) is 10.1 Å². The highest BCUT2D eigenvalue weighted by molar-refractivity contribution is 6.07. The summed E-state index contributed by atoms with van der Waals surface area (Å²) in [6, 6.07) is 17.1. The predicted molar refractivity (Wildman–Crippen MR) is 91.5 cm³/mol. The maximum Gasteiger partial charge on any atom is 0.271 e. The van der Waals surface area contributed by atoms with Gasteiger partial charge in [0.15, 0.2) is 0 Å². The van der Waals surface area contributed by atoms with Crippen molar-refractivity contribution < 1.29 is 14.5 Å². The Morgan fingerprint density at radius 3 is 2.50 bits per heavy atom. The molecule has 120 valence electrons.